The largest absolute Gasteiger partial charge is 0.483 e. The Labute approximate surface area is 150 Å². The van der Waals surface area contributed by atoms with Gasteiger partial charge in [-0.3, -0.25) is 4.79 Å². The molecular weight excluding hydrogens is 312 g/mol. The van der Waals surface area contributed by atoms with Crippen molar-refractivity contribution >= 4 is 11.6 Å². The number of carbonyl (C=O) groups excluding carboxylic acids is 1. The molecule has 0 aliphatic rings. The molecule has 2 aromatic carbocycles. The second-order valence-electron chi connectivity index (χ2n) is 6.12. The Morgan fingerprint density at radius 2 is 1.80 bits per heavy atom. The van der Waals surface area contributed by atoms with Crippen molar-refractivity contribution in [2.45, 2.75) is 39.7 Å². The van der Waals surface area contributed by atoms with Crippen LogP contribution in [0, 0.1) is 0 Å². The van der Waals surface area contributed by atoms with Gasteiger partial charge in [0.15, 0.2) is 6.61 Å². The van der Waals surface area contributed by atoms with E-state index < -0.39 is 0 Å². The molecule has 0 fully saturated rings. The van der Waals surface area contributed by atoms with E-state index in [1.807, 2.05) is 42.5 Å². The van der Waals surface area contributed by atoms with Gasteiger partial charge in [-0.1, -0.05) is 57.2 Å². The minimum atomic E-state index is -0.150. The Morgan fingerprint density at radius 3 is 2.56 bits per heavy atom. The third-order valence-corrected chi connectivity index (χ3v) is 4.28. The first kappa shape index (κ1) is 19.0. The number of para-hydroxylation sites is 2. The first-order valence-electron chi connectivity index (χ1n) is 8.95. The molecule has 0 bridgehead atoms. The van der Waals surface area contributed by atoms with Gasteiger partial charge in [0.1, 0.15) is 5.75 Å². The van der Waals surface area contributed by atoms with Gasteiger partial charge in [-0.15, -0.1) is 0 Å². The third-order valence-electron chi connectivity index (χ3n) is 4.28. The van der Waals surface area contributed by atoms with Crippen LogP contribution in [0.1, 0.15) is 44.2 Å². The zero-order valence-electron chi connectivity index (χ0n) is 15.3. The van der Waals surface area contributed by atoms with Gasteiger partial charge in [-0.25, -0.2) is 0 Å². The summed E-state index contributed by atoms with van der Waals surface area (Å²) in [6, 6.07) is 15.7. The molecule has 134 valence electrons. The molecule has 0 saturated heterocycles. The van der Waals surface area contributed by atoms with Crippen LogP contribution in [0.3, 0.4) is 0 Å². The SMILES string of the molecule is CCNCc1ccccc1NC(=O)COc1ccccc1C(C)CC. The van der Waals surface area contributed by atoms with Gasteiger partial charge in [0.2, 0.25) is 0 Å². The van der Waals surface area contributed by atoms with Crippen LogP contribution in [0.2, 0.25) is 0 Å². The number of hydrogen-bond donors (Lipinski definition) is 2. The standard InChI is InChI=1S/C21H28N2O2/c1-4-16(3)18-11-7-9-13-20(18)25-15-21(24)23-19-12-8-6-10-17(19)14-22-5-2/h6-13,16,22H,4-5,14-15H2,1-3H3,(H,23,24). The first-order valence-corrected chi connectivity index (χ1v) is 8.95. The fourth-order valence-corrected chi connectivity index (χ4v) is 2.62. The molecule has 25 heavy (non-hydrogen) atoms. The van der Waals surface area contributed by atoms with Crippen molar-refractivity contribution in [1.82, 2.24) is 5.32 Å². The summed E-state index contributed by atoms with van der Waals surface area (Å²) in [7, 11) is 0. The van der Waals surface area contributed by atoms with Crippen LogP contribution in [-0.4, -0.2) is 19.1 Å². The smallest absolute Gasteiger partial charge is 0.262 e. The Kier molecular flexibility index (Phi) is 7.48. The van der Waals surface area contributed by atoms with Crippen molar-refractivity contribution in [3.8, 4) is 5.75 Å². The lowest BCUT2D eigenvalue weighted by Gasteiger charge is -2.16. The van der Waals surface area contributed by atoms with E-state index in [2.05, 4.69) is 37.5 Å². The Bertz CT molecular complexity index is 685. The Balaban J connectivity index is 1.98. The highest BCUT2D eigenvalue weighted by Gasteiger charge is 2.12. The zero-order chi connectivity index (χ0) is 18.1. The van der Waals surface area contributed by atoms with Gasteiger partial charge in [-0.05, 0) is 42.1 Å². The summed E-state index contributed by atoms with van der Waals surface area (Å²) in [5.74, 6) is 1.04. The summed E-state index contributed by atoms with van der Waals surface area (Å²) >= 11 is 0. The molecular formula is C21H28N2O2. The van der Waals surface area contributed by atoms with E-state index in [1.165, 1.54) is 0 Å². The lowest BCUT2D eigenvalue weighted by molar-refractivity contribution is -0.118. The topological polar surface area (TPSA) is 50.4 Å². The Morgan fingerprint density at radius 1 is 1.08 bits per heavy atom. The summed E-state index contributed by atoms with van der Waals surface area (Å²) < 4.78 is 5.79. The summed E-state index contributed by atoms with van der Waals surface area (Å²) in [5.41, 5.74) is 3.04. The monoisotopic (exact) mass is 340 g/mol. The number of ether oxygens (including phenoxy) is 1. The molecule has 1 unspecified atom stereocenters. The molecule has 0 aromatic heterocycles. The molecule has 1 amide bonds. The van der Waals surface area contributed by atoms with E-state index in [0.717, 1.165) is 42.1 Å². The number of carbonyl (C=O) groups is 1. The van der Waals surface area contributed by atoms with E-state index >= 15 is 0 Å². The van der Waals surface area contributed by atoms with Crippen LogP contribution >= 0.6 is 0 Å². The average molecular weight is 340 g/mol. The fourth-order valence-electron chi connectivity index (χ4n) is 2.62. The van der Waals surface area contributed by atoms with Crippen molar-refractivity contribution < 1.29 is 9.53 Å². The predicted molar refractivity (Wildman–Crippen MR) is 103 cm³/mol. The van der Waals surface area contributed by atoms with E-state index in [4.69, 9.17) is 4.74 Å². The summed E-state index contributed by atoms with van der Waals surface area (Å²) in [6.45, 7) is 7.99. The average Bonchev–Trinajstić information content (AvgIpc) is 2.65. The number of hydrogen-bond acceptors (Lipinski definition) is 3. The molecule has 2 rings (SSSR count). The lowest BCUT2D eigenvalue weighted by atomic mass is 9.98. The highest BCUT2D eigenvalue weighted by Crippen LogP contribution is 2.28. The molecule has 4 heteroatoms. The van der Waals surface area contributed by atoms with Gasteiger partial charge in [0.25, 0.3) is 5.91 Å². The zero-order valence-corrected chi connectivity index (χ0v) is 15.3. The highest BCUT2D eigenvalue weighted by molar-refractivity contribution is 5.92. The quantitative estimate of drug-likeness (QED) is 0.714. The van der Waals surface area contributed by atoms with E-state index in [0.29, 0.717) is 5.92 Å². The minimum absolute atomic E-state index is 0.00296. The third kappa shape index (κ3) is 5.61. The first-order chi connectivity index (χ1) is 12.2. The van der Waals surface area contributed by atoms with Gasteiger partial charge in [-0.2, -0.15) is 0 Å². The maximum atomic E-state index is 12.3. The fraction of sp³-hybridized carbons (Fsp3) is 0.381. The molecule has 2 aromatic rings. The molecule has 2 N–H and O–H groups in total. The van der Waals surface area contributed by atoms with E-state index in [9.17, 15) is 4.79 Å². The number of rotatable bonds is 9. The maximum absolute atomic E-state index is 12.3. The molecule has 4 nitrogen and oxygen atoms in total. The van der Waals surface area contributed by atoms with Gasteiger partial charge >= 0.3 is 0 Å². The second kappa shape index (κ2) is 9.84. The van der Waals surface area contributed by atoms with E-state index in [-0.39, 0.29) is 12.5 Å². The second-order valence-corrected chi connectivity index (χ2v) is 6.12. The van der Waals surface area contributed by atoms with Crippen LogP contribution in [0.25, 0.3) is 0 Å². The number of amides is 1. The molecule has 0 aliphatic heterocycles. The van der Waals surface area contributed by atoms with Crippen LogP contribution in [0.5, 0.6) is 5.75 Å². The predicted octanol–water partition coefficient (Wildman–Crippen LogP) is 4.33. The van der Waals surface area contributed by atoms with Crippen molar-refractivity contribution in [1.29, 1.82) is 0 Å². The van der Waals surface area contributed by atoms with Gasteiger partial charge in [0.05, 0.1) is 0 Å². The molecule has 0 radical (unpaired) electrons. The van der Waals surface area contributed by atoms with Crippen molar-refractivity contribution in [3.63, 3.8) is 0 Å². The number of nitrogens with one attached hydrogen (secondary N) is 2. The van der Waals surface area contributed by atoms with Gasteiger partial charge < -0.3 is 15.4 Å². The van der Waals surface area contributed by atoms with Crippen molar-refractivity contribution in [2.24, 2.45) is 0 Å². The number of benzene rings is 2. The molecule has 0 saturated carbocycles. The summed E-state index contributed by atoms with van der Waals surface area (Å²) in [4.78, 5) is 12.3. The van der Waals surface area contributed by atoms with Crippen molar-refractivity contribution in [3.05, 3.63) is 59.7 Å². The lowest BCUT2D eigenvalue weighted by Crippen LogP contribution is -2.22. The van der Waals surface area contributed by atoms with E-state index in [1.54, 1.807) is 0 Å². The molecule has 0 aliphatic carbocycles. The summed E-state index contributed by atoms with van der Waals surface area (Å²) in [6.07, 6.45) is 1.03. The highest BCUT2D eigenvalue weighted by atomic mass is 16.5. The summed E-state index contributed by atoms with van der Waals surface area (Å²) in [5, 5.41) is 6.23. The molecule has 0 heterocycles. The molecule has 1 atom stereocenters. The van der Waals surface area contributed by atoms with Crippen LogP contribution in [0.15, 0.2) is 48.5 Å². The normalized spacial score (nSPS) is 11.8. The van der Waals surface area contributed by atoms with Crippen molar-refractivity contribution in [2.75, 3.05) is 18.5 Å². The van der Waals surface area contributed by atoms with Crippen LogP contribution in [0.4, 0.5) is 5.69 Å². The Hall–Kier alpha value is -2.33. The van der Waals surface area contributed by atoms with Crippen LogP contribution < -0.4 is 15.4 Å². The maximum Gasteiger partial charge on any atom is 0.262 e. The molecule has 0 spiro atoms. The minimum Gasteiger partial charge on any atom is -0.483 e. The van der Waals surface area contributed by atoms with Crippen LogP contribution in [-0.2, 0) is 11.3 Å². The van der Waals surface area contributed by atoms with Gasteiger partial charge in [0, 0.05) is 12.2 Å². The number of anilines is 1.